The maximum absolute atomic E-state index is 5.42. The van der Waals surface area contributed by atoms with E-state index in [-0.39, 0.29) is 0 Å². The molecule has 2 rings (SSSR count). The van der Waals surface area contributed by atoms with Gasteiger partial charge in [0.25, 0.3) is 0 Å². The van der Waals surface area contributed by atoms with Crippen LogP contribution in [0.1, 0.15) is 11.4 Å². The topological polar surface area (TPSA) is 65.5 Å². The number of aryl methyl sites for hydroxylation is 1. The van der Waals surface area contributed by atoms with Crippen molar-refractivity contribution >= 4 is 16.7 Å². The summed E-state index contributed by atoms with van der Waals surface area (Å²) in [5.41, 5.74) is 0.995. The number of hydrogen-bond acceptors (Lipinski definition) is 7. The molecule has 114 valence electrons. The molecule has 0 bridgehead atoms. The summed E-state index contributed by atoms with van der Waals surface area (Å²) in [4.78, 5) is 4.27. The van der Waals surface area contributed by atoms with E-state index in [1.807, 2.05) is 19.1 Å². The van der Waals surface area contributed by atoms with Crippen LogP contribution in [0.15, 0.2) is 12.1 Å². The summed E-state index contributed by atoms with van der Waals surface area (Å²) in [7, 11) is 4.89. The Morgan fingerprint density at radius 3 is 2.24 bits per heavy atom. The Balaban J connectivity index is 2.10. The predicted molar refractivity (Wildman–Crippen MR) is 82.9 cm³/mol. The van der Waals surface area contributed by atoms with Crippen LogP contribution in [-0.4, -0.2) is 37.2 Å². The molecular formula is C14H19N3O3S. The van der Waals surface area contributed by atoms with Gasteiger partial charge in [-0.15, -0.1) is 0 Å². The van der Waals surface area contributed by atoms with E-state index >= 15 is 0 Å². The highest BCUT2D eigenvalue weighted by Gasteiger charge is 2.13. The molecular weight excluding hydrogens is 290 g/mol. The number of nitrogens with one attached hydrogen (secondary N) is 1. The largest absolute Gasteiger partial charge is 0.496 e. The molecule has 0 amide bonds. The zero-order valence-corrected chi connectivity index (χ0v) is 13.4. The van der Waals surface area contributed by atoms with Crippen molar-refractivity contribution in [3.8, 4) is 17.2 Å². The van der Waals surface area contributed by atoms with Gasteiger partial charge in [-0.05, 0) is 13.3 Å². The molecule has 0 aliphatic carbocycles. The van der Waals surface area contributed by atoms with Crippen molar-refractivity contribution in [2.75, 3.05) is 33.2 Å². The molecule has 0 saturated carbocycles. The van der Waals surface area contributed by atoms with Crippen molar-refractivity contribution in [3.05, 3.63) is 23.5 Å². The van der Waals surface area contributed by atoms with Crippen LogP contribution < -0.4 is 19.5 Å². The van der Waals surface area contributed by atoms with Gasteiger partial charge in [-0.3, -0.25) is 0 Å². The third-order valence-corrected chi connectivity index (χ3v) is 3.76. The zero-order chi connectivity index (χ0) is 15.2. The Morgan fingerprint density at radius 2 is 1.76 bits per heavy atom. The fourth-order valence-electron chi connectivity index (χ4n) is 1.99. The highest BCUT2D eigenvalue weighted by atomic mass is 32.1. The maximum atomic E-state index is 5.42. The minimum atomic E-state index is 0.708. The van der Waals surface area contributed by atoms with E-state index < -0.39 is 0 Å². The molecule has 0 spiro atoms. The molecule has 0 aliphatic heterocycles. The van der Waals surface area contributed by atoms with Crippen LogP contribution in [0.3, 0.4) is 0 Å². The lowest BCUT2D eigenvalue weighted by molar-refractivity contribution is 0.369. The standard InChI is InChI=1S/C14H19N3O3S/c1-9-16-14(21-17-9)15-6-5-11-12(19-3)7-10(18-2)8-13(11)20-4/h7-8H,5-6H2,1-4H3,(H,15,16,17). The third kappa shape index (κ3) is 3.75. The molecule has 1 N–H and O–H groups in total. The third-order valence-electron chi connectivity index (χ3n) is 3.00. The van der Waals surface area contributed by atoms with E-state index in [1.165, 1.54) is 11.5 Å². The number of anilines is 1. The number of methoxy groups -OCH3 is 3. The summed E-state index contributed by atoms with van der Waals surface area (Å²) in [5, 5.41) is 4.07. The molecule has 0 fully saturated rings. The minimum Gasteiger partial charge on any atom is -0.496 e. The van der Waals surface area contributed by atoms with Crippen molar-refractivity contribution < 1.29 is 14.2 Å². The van der Waals surface area contributed by atoms with Gasteiger partial charge in [0, 0.05) is 35.8 Å². The number of nitrogens with zero attached hydrogens (tertiary/aromatic N) is 2. The van der Waals surface area contributed by atoms with Crippen molar-refractivity contribution in [2.45, 2.75) is 13.3 Å². The van der Waals surface area contributed by atoms with E-state index in [9.17, 15) is 0 Å². The smallest absolute Gasteiger partial charge is 0.202 e. The number of ether oxygens (including phenoxy) is 3. The van der Waals surface area contributed by atoms with Gasteiger partial charge in [0.2, 0.25) is 5.13 Å². The summed E-state index contributed by atoms with van der Waals surface area (Å²) in [5.74, 6) is 2.99. The Bertz CT molecular complexity index is 576. The van der Waals surface area contributed by atoms with Gasteiger partial charge in [0.15, 0.2) is 0 Å². The zero-order valence-electron chi connectivity index (χ0n) is 12.6. The fraction of sp³-hybridized carbons (Fsp3) is 0.429. The summed E-state index contributed by atoms with van der Waals surface area (Å²) in [6.45, 7) is 2.59. The van der Waals surface area contributed by atoms with Gasteiger partial charge in [-0.2, -0.15) is 4.37 Å². The Kier molecular flexibility index (Phi) is 5.21. The van der Waals surface area contributed by atoms with E-state index in [4.69, 9.17) is 14.2 Å². The van der Waals surface area contributed by atoms with Crippen molar-refractivity contribution in [3.63, 3.8) is 0 Å². The molecule has 0 aliphatic rings. The molecule has 2 aromatic rings. The van der Waals surface area contributed by atoms with E-state index in [0.717, 1.165) is 34.4 Å². The lowest BCUT2D eigenvalue weighted by atomic mass is 10.1. The average molecular weight is 309 g/mol. The van der Waals surface area contributed by atoms with E-state index in [0.29, 0.717) is 12.3 Å². The molecule has 21 heavy (non-hydrogen) atoms. The highest BCUT2D eigenvalue weighted by molar-refractivity contribution is 7.09. The maximum Gasteiger partial charge on any atom is 0.202 e. The predicted octanol–water partition coefficient (Wildman–Crippen LogP) is 2.53. The number of rotatable bonds is 7. The molecule has 6 nitrogen and oxygen atoms in total. The van der Waals surface area contributed by atoms with E-state index in [2.05, 4.69) is 14.7 Å². The molecule has 1 aromatic heterocycles. The molecule has 1 heterocycles. The lowest BCUT2D eigenvalue weighted by Crippen LogP contribution is -2.07. The van der Waals surface area contributed by atoms with Crippen molar-refractivity contribution in [2.24, 2.45) is 0 Å². The lowest BCUT2D eigenvalue weighted by Gasteiger charge is -2.15. The summed E-state index contributed by atoms with van der Waals surface area (Å²) in [6, 6.07) is 3.71. The Labute approximate surface area is 128 Å². The quantitative estimate of drug-likeness (QED) is 0.848. The van der Waals surface area contributed by atoms with E-state index in [1.54, 1.807) is 21.3 Å². The first-order chi connectivity index (χ1) is 10.2. The SMILES string of the molecule is COc1cc(OC)c(CCNc2nc(C)ns2)c(OC)c1. The van der Waals surface area contributed by atoms with Gasteiger partial charge in [-0.1, -0.05) is 0 Å². The highest BCUT2D eigenvalue weighted by Crippen LogP contribution is 2.34. The molecule has 0 unspecified atom stereocenters. The van der Waals surface area contributed by atoms with Crippen molar-refractivity contribution in [1.29, 1.82) is 0 Å². The second kappa shape index (κ2) is 7.12. The van der Waals surface area contributed by atoms with Gasteiger partial charge in [0.1, 0.15) is 23.1 Å². The van der Waals surface area contributed by atoms with Crippen LogP contribution in [0.5, 0.6) is 17.2 Å². The minimum absolute atomic E-state index is 0.708. The number of hydrogen-bond donors (Lipinski definition) is 1. The number of aromatic nitrogens is 2. The fourth-order valence-corrected chi connectivity index (χ4v) is 2.59. The first kappa shape index (κ1) is 15.4. The molecule has 0 atom stereocenters. The van der Waals surface area contributed by atoms with Crippen molar-refractivity contribution in [1.82, 2.24) is 9.36 Å². The average Bonchev–Trinajstić information content (AvgIpc) is 2.92. The van der Waals surface area contributed by atoms with Gasteiger partial charge < -0.3 is 19.5 Å². The monoisotopic (exact) mass is 309 g/mol. The van der Waals surface area contributed by atoms with Gasteiger partial charge in [-0.25, -0.2) is 4.98 Å². The normalized spacial score (nSPS) is 10.3. The molecule has 7 heteroatoms. The van der Waals surface area contributed by atoms with Crippen LogP contribution in [0.4, 0.5) is 5.13 Å². The van der Waals surface area contributed by atoms with Gasteiger partial charge >= 0.3 is 0 Å². The Morgan fingerprint density at radius 1 is 1.10 bits per heavy atom. The van der Waals surface area contributed by atoms with Crippen LogP contribution in [0.25, 0.3) is 0 Å². The summed E-state index contributed by atoms with van der Waals surface area (Å²) in [6.07, 6.45) is 0.745. The molecule has 1 aromatic carbocycles. The molecule has 0 radical (unpaired) electrons. The summed E-state index contributed by atoms with van der Waals surface area (Å²) < 4.78 is 20.2. The molecule has 0 saturated heterocycles. The second-order valence-electron chi connectivity index (χ2n) is 4.33. The number of benzene rings is 1. The summed E-state index contributed by atoms with van der Waals surface area (Å²) >= 11 is 1.36. The van der Waals surface area contributed by atoms with Crippen LogP contribution in [0.2, 0.25) is 0 Å². The van der Waals surface area contributed by atoms with Gasteiger partial charge in [0.05, 0.1) is 21.3 Å². The Hall–Kier alpha value is -2.02. The van der Waals surface area contributed by atoms with Crippen LogP contribution >= 0.6 is 11.5 Å². The first-order valence-corrected chi connectivity index (χ1v) is 7.28. The second-order valence-corrected chi connectivity index (χ2v) is 5.09. The first-order valence-electron chi connectivity index (χ1n) is 6.51. The van der Waals surface area contributed by atoms with Crippen LogP contribution in [-0.2, 0) is 6.42 Å². The van der Waals surface area contributed by atoms with Crippen LogP contribution in [0, 0.1) is 6.92 Å².